The second-order valence-electron chi connectivity index (χ2n) is 4.49. The van der Waals surface area contributed by atoms with E-state index in [1.165, 1.54) is 6.07 Å². The molecule has 1 fully saturated rings. The van der Waals surface area contributed by atoms with Gasteiger partial charge in [0.25, 0.3) is 0 Å². The first kappa shape index (κ1) is 14.7. The van der Waals surface area contributed by atoms with Crippen LogP contribution in [0.25, 0.3) is 0 Å². The van der Waals surface area contributed by atoms with Gasteiger partial charge in [-0.25, -0.2) is 0 Å². The molecule has 0 bridgehead atoms. The first-order valence-corrected chi connectivity index (χ1v) is 6.01. The summed E-state index contributed by atoms with van der Waals surface area (Å²) < 4.78 is 36.6. The maximum Gasteiger partial charge on any atom is 0.416 e. The number of benzene rings is 1. The molecule has 1 aliphatic heterocycles. The normalized spacial score (nSPS) is 26.4. The lowest BCUT2D eigenvalue weighted by atomic mass is 9.86. The lowest BCUT2D eigenvalue weighted by molar-refractivity contribution is -0.146. The molecule has 0 unspecified atom stereocenters. The van der Waals surface area contributed by atoms with Crippen LogP contribution >= 0.6 is 12.6 Å². The number of hydrogen-bond acceptors (Lipinski definition) is 3. The smallest absolute Gasteiger partial charge is 0.416 e. The van der Waals surface area contributed by atoms with E-state index in [1.807, 2.05) is 0 Å². The van der Waals surface area contributed by atoms with Gasteiger partial charge >= 0.3 is 12.1 Å². The van der Waals surface area contributed by atoms with Gasteiger partial charge in [0.1, 0.15) is 0 Å². The highest BCUT2D eigenvalue weighted by molar-refractivity contribution is 7.81. The SMILES string of the molecule is O=C(O)[C@H]1C(=O)NC[C@@]1(S)c1cccc(C(F)(F)F)c1. The third kappa shape index (κ3) is 2.35. The zero-order valence-electron chi connectivity index (χ0n) is 9.94. The van der Waals surface area contributed by atoms with Crippen LogP contribution in [0.2, 0.25) is 0 Å². The van der Waals surface area contributed by atoms with Gasteiger partial charge in [-0.15, -0.1) is 0 Å². The van der Waals surface area contributed by atoms with E-state index in [-0.39, 0.29) is 12.1 Å². The summed E-state index contributed by atoms with van der Waals surface area (Å²) in [4.78, 5) is 22.7. The molecule has 8 heteroatoms. The molecule has 2 N–H and O–H groups in total. The lowest BCUT2D eigenvalue weighted by Crippen LogP contribution is -2.36. The molecule has 0 spiro atoms. The van der Waals surface area contributed by atoms with E-state index in [4.69, 9.17) is 5.11 Å². The molecule has 2 rings (SSSR count). The first-order chi connectivity index (χ1) is 9.16. The molecule has 1 aromatic carbocycles. The number of carboxylic acid groups (broad SMARTS) is 1. The molecule has 0 aliphatic carbocycles. The lowest BCUT2D eigenvalue weighted by Gasteiger charge is -2.26. The Hall–Kier alpha value is -1.70. The van der Waals surface area contributed by atoms with E-state index in [0.29, 0.717) is 0 Å². The van der Waals surface area contributed by atoms with E-state index >= 15 is 0 Å². The van der Waals surface area contributed by atoms with Crippen molar-refractivity contribution in [1.82, 2.24) is 5.32 Å². The molecule has 4 nitrogen and oxygen atoms in total. The van der Waals surface area contributed by atoms with E-state index in [0.717, 1.165) is 18.2 Å². The number of amides is 1. The molecule has 1 heterocycles. The highest BCUT2D eigenvalue weighted by atomic mass is 32.1. The summed E-state index contributed by atoms with van der Waals surface area (Å²) in [6.07, 6.45) is -4.55. The van der Waals surface area contributed by atoms with Gasteiger partial charge in [0.2, 0.25) is 5.91 Å². The third-order valence-corrected chi connectivity index (χ3v) is 3.88. The Morgan fingerprint density at radius 1 is 1.45 bits per heavy atom. The molecule has 0 radical (unpaired) electrons. The van der Waals surface area contributed by atoms with Crippen LogP contribution in [0, 0.1) is 5.92 Å². The molecule has 0 aromatic heterocycles. The van der Waals surface area contributed by atoms with Crippen LogP contribution in [0.1, 0.15) is 11.1 Å². The number of halogens is 3. The van der Waals surface area contributed by atoms with Crippen LogP contribution in [0.5, 0.6) is 0 Å². The number of carboxylic acids is 1. The standard InChI is InChI=1S/C12H10F3NO3S/c13-12(14,15)7-3-1-2-6(4-7)11(20)5-16-9(17)8(11)10(18)19/h1-4,8,20H,5H2,(H,16,17)(H,18,19)/t8-,11-/m1/s1. The molecule has 1 aliphatic rings. The summed E-state index contributed by atoms with van der Waals surface area (Å²) in [5.74, 6) is -3.72. The molecule has 0 saturated carbocycles. The molecule has 2 atom stereocenters. The number of carbonyl (C=O) groups excluding carboxylic acids is 1. The van der Waals surface area contributed by atoms with E-state index in [2.05, 4.69) is 17.9 Å². The van der Waals surface area contributed by atoms with Gasteiger partial charge in [0.15, 0.2) is 5.92 Å². The maximum absolute atomic E-state index is 12.7. The molecule has 1 amide bonds. The maximum atomic E-state index is 12.7. The van der Waals surface area contributed by atoms with E-state index in [1.54, 1.807) is 0 Å². The Morgan fingerprint density at radius 3 is 2.65 bits per heavy atom. The van der Waals surface area contributed by atoms with Crippen molar-refractivity contribution in [2.24, 2.45) is 5.92 Å². The average molecular weight is 305 g/mol. The molecular weight excluding hydrogens is 295 g/mol. The van der Waals surface area contributed by atoms with Gasteiger partial charge in [-0.3, -0.25) is 9.59 Å². The van der Waals surface area contributed by atoms with Crippen molar-refractivity contribution in [2.75, 3.05) is 6.54 Å². The Kier molecular flexibility index (Phi) is 3.45. The summed E-state index contributed by atoms with van der Waals surface area (Å²) >= 11 is 4.18. The van der Waals surface area contributed by atoms with Gasteiger partial charge < -0.3 is 10.4 Å². The summed E-state index contributed by atoms with van der Waals surface area (Å²) in [6.45, 7) is -0.146. The number of nitrogens with one attached hydrogen (secondary N) is 1. The number of rotatable bonds is 2. The second kappa shape index (κ2) is 4.69. The Bertz CT molecular complexity index is 575. The second-order valence-corrected chi connectivity index (χ2v) is 5.29. The van der Waals surface area contributed by atoms with Crippen LogP contribution in [-0.4, -0.2) is 23.5 Å². The van der Waals surface area contributed by atoms with Crippen molar-refractivity contribution in [1.29, 1.82) is 0 Å². The number of hydrogen-bond donors (Lipinski definition) is 3. The summed E-state index contributed by atoms with van der Waals surface area (Å²) in [5.41, 5.74) is -0.867. The third-order valence-electron chi connectivity index (χ3n) is 3.21. The molecular formula is C12H10F3NO3S. The number of thiol groups is 1. The summed E-state index contributed by atoms with van der Waals surface area (Å²) in [6, 6.07) is 4.19. The average Bonchev–Trinajstić information content (AvgIpc) is 2.65. The fraction of sp³-hybridized carbons (Fsp3) is 0.333. The predicted molar refractivity (Wildman–Crippen MR) is 66.2 cm³/mol. The van der Waals surface area contributed by atoms with Crippen LogP contribution in [0.15, 0.2) is 24.3 Å². The minimum Gasteiger partial charge on any atom is -0.481 e. The Labute approximate surface area is 117 Å². The quantitative estimate of drug-likeness (QED) is 0.575. The fourth-order valence-corrected chi connectivity index (χ4v) is 2.64. The van der Waals surface area contributed by atoms with Crippen LogP contribution in [0.3, 0.4) is 0 Å². The number of aliphatic carboxylic acids is 1. The van der Waals surface area contributed by atoms with Gasteiger partial charge in [-0.2, -0.15) is 25.8 Å². The van der Waals surface area contributed by atoms with Gasteiger partial charge in [0.05, 0.1) is 10.3 Å². The van der Waals surface area contributed by atoms with Crippen molar-refractivity contribution < 1.29 is 27.9 Å². The zero-order chi connectivity index (χ0) is 15.1. The van der Waals surface area contributed by atoms with E-state index in [9.17, 15) is 22.8 Å². The predicted octanol–water partition coefficient (Wildman–Crippen LogP) is 1.66. The van der Waals surface area contributed by atoms with Crippen molar-refractivity contribution in [3.8, 4) is 0 Å². The first-order valence-electron chi connectivity index (χ1n) is 5.57. The van der Waals surface area contributed by atoms with Crippen LogP contribution < -0.4 is 5.32 Å². The fourth-order valence-electron chi connectivity index (χ4n) is 2.19. The zero-order valence-corrected chi connectivity index (χ0v) is 10.8. The highest BCUT2D eigenvalue weighted by Crippen LogP contribution is 2.41. The Balaban J connectivity index is 2.50. The number of carbonyl (C=O) groups is 2. The highest BCUT2D eigenvalue weighted by Gasteiger charge is 2.52. The van der Waals surface area contributed by atoms with Gasteiger partial charge in [-0.05, 0) is 11.6 Å². The Morgan fingerprint density at radius 2 is 2.10 bits per heavy atom. The molecule has 108 valence electrons. The van der Waals surface area contributed by atoms with Gasteiger partial charge in [-0.1, -0.05) is 18.2 Å². The topological polar surface area (TPSA) is 66.4 Å². The minimum absolute atomic E-state index is 0.0430. The van der Waals surface area contributed by atoms with Crippen molar-refractivity contribution >= 4 is 24.5 Å². The summed E-state index contributed by atoms with van der Waals surface area (Å²) in [5, 5.41) is 11.4. The largest absolute Gasteiger partial charge is 0.481 e. The molecule has 1 aromatic rings. The van der Waals surface area contributed by atoms with Crippen molar-refractivity contribution in [3.05, 3.63) is 35.4 Å². The van der Waals surface area contributed by atoms with E-state index < -0.39 is 34.3 Å². The summed E-state index contributed by atoms with van der Waals surface area (Å²) in [7, 11) is 0. The molecule has 1 saturated heterocycles. The molecule has 20 heavy (non-hydrogen) atoms. The van der Waals surface area contributed by atoms with Gasteiger partial charge in [0, 0.05) is 6.54 Å². The number of alkyl halides is 3. The van der Waals surface area contributed by atoms with Crippen LogP contribution in [0.4, 0.5) is 13.2 Å². The monoisotopic (exact) mass is 305 g/mol. The van der Waals surface area contributed by atoms with Crippen LogP contribution in [-0.2, 0) is 20.5 Å². The van der Waals surface area contributed by atoms with Crippen molar-refractivity contribution in [3.63, 3.8) is 0 Å². The van der Waals surface area contributed by atoms with Crippen molar-refractivity contribution in [2.45, 2.75) is 10.9 Å². The minimum atomic E-state index is -4.55.